The number of fused-ring (bicyclic) bond motifs is 1. The minimum Gasteiger partial charge on any atom is -0.206 e. The van der Waals surface area contributed by atoms with Crippen molar-refractivity contribution in [2.45, 2.75) is 58.8 Å². The summed E-state index contributed by atoms with van der Waals surface area (Å²) in [5.41, 5.74) is 6.71. The van der Waals surface area contributed by atoms with Crippen LogP contribution in [0.25, 0.3) is 10.8 Å². The second-order valence-electron chi connectivity index (χ2n) is 9.22. The molecular formula is C33H33F. The zero-order chi connectivity index (χ0) is 23.8. The van der Waals surface area contributed by atoms with Crippen LogP contribution in [0.1, 0.15) is 66.0 Å². The van der Waals surface area contributed by atoms with Crippen molar-refractivity contribution in [3.8, 4) is 11.8 Å². The number of hydrogen-bond acceptors (Lipinski definition) is 0. The summed E-state index contributed by atoms with van der Waals surface area (Å²) in [6.07, 6.45) is 7.49. The van der Waals surface area contributed by atoms with Crippen LogP contribution < -0.4 is 0 Å². The molecule has 0 aromatic heterocycles. The fraction of sp³-hybridized carbons (Fsp3) is 0.273. The van der Waals surface area contributed by atoms with E-state index in [1.165, 1.54) is 29.5 Å². The van der Waals surface area contributed by atoms with E-state index in [4.69, 9.17) is 0 Å². The van der Waals surface area contributed by atoms with Gasteiger partial charge in [0.05, 0.1) is 0 Å². The molecule has 4 aromatic carbocycles. The summed E-state index contributed by atoms with van der Waals surface area (Å²) in [5, 5.41) is 1.60. The van der Waals surface area contributed by atoms with Crippen LogP contribution in [-0.4, -0.2) is 0 Å². The van der Waals surface area contributed by atoms with E-state index >= 15 is 0 Å². The first kappa shape index (κ1) is 23.8. The Balaban J connectivity index is 1.40. The molecule has 0 heterocycles. The third-order valence-electron chi connectivity index (χ3n) is 6.46. The zero-order valence-electron chi connectivity index (χ0n) is 20.3. The topological polar surface area (TPSA) is 0 Å². The SMILES string of the molecule is CCCCCCc1ccc2cc(C#Cc3ccc(CCc4ccc(C)cc4)cc3)ccc2c1F. The average molecular weight is 449 g/mol. The van der Waals surface area contributed by atoms with Crippen molar-refractivity contribution in [3.63, 3.8) is 0 Å². The molecule has 0 N–H and O–H groups in total. The summed E-state index contributed by atoms with van der Waals surface area (Å²) >= 11 is 0. The molecule has 1 heteroatoms. The molecule has 0 spiro atoms. The third-order valence-corrected chi connectivity index (χ3v) is 6.46. The van der Waals surface area contributed by atoms with E-state index in [0.717, 1.165) is 54.2 Å². The Labute approximate surface area is 203 Å². The molecule has 0 amide bonds. The van der Waals surface area contributed by atoms with Crippen LogP contribution in [0.4, 0.5) is 4.39 Å². The summed E-state index contributed by atoms with van der Waals surface area (Å²) in [6.45, 7) is 4.31. The highest BCUT2D eigenvalue weighted by atomic mass is 19.1. The van der Waals surface area contributed by atoms with Crippen LogP contribution >= 0.6 is 0 Å². The zero-order valence-corrected chi connectivity index (χ0v) is 20.3. The molecule has 0 aliphatic carbocycles. The maximum atomic E-state index is 15.0. The lowest BCUT2D eigenvalue weighted by atomic mass is 9.99. The summed E-state index contributed by atoms with van der Waals surface area (Å²) in [5.74, 6) is 6.43. The number of aryl methyl sites for hydroxylation is 4. The molecule has 0 fully saturated rings. The highest BCUT2D eigenvalue weighted by Gasteiger charge is 2.07. The van der Waals surface area contributed by atoms with Gasteiger partial charge in [0.15, 0.2) is 0 Å². The van der Waals surface area contributed by atoms with Gasteiger partial charge in [-0.2, -0.15) is 0 Å². The van der Waals surface area contributed by atoms with Crippen molar-refractivity contribution in [2.24, 2.45) is 0 Å². The predicted molar refractivity (Wildman–Crippen MR) is 143 cm³/mol. The molecule has 0 atom stereocenters. The van der Waals surface area contributed by atoms with Crippen LogP contribution in [0.5, 0.6) is 0 Å². The Hall–Kier alpha value is -3.37. The van der Waals surface area contributed by atoms with E-state index in [0.29, 0.717) is 5.39 Å². The fourth-order valence-corrected chi connectivity index (χ4v) is 4.29. The van der Waals surface area contributed by atoms with Gasteiger partial charge in [-0.3, -0.25) is 0 Å². The van der Waals surface area contributed by atoms with E-state index in [2.05, 4.69) is 74.2 Å². The molecule has 0 aliphatic rings. The van der Waals surface area contributed by atoms with Gasteiger partial charge < -0.3 is 0 Å². The molecule has 0 nitrogen and oxygen atoms in total. The van der Waals surface area contributed by atoms with Crippen molar-refractivity contribution in [1.82, 2.24) is 0 Å². The highest BCUT2D eigenvalue weighted by Crippen LogP contribution is 2.24. The molecule has 0 bridgehead atoms. The van der Waals surface area contributed by atoms with Crippen LogP contribution in [0.2, 0.25) is 0 Å². The van der Waals surface area contributed by atoms with E-state index in [-0.39, 0.29) is 5.82 Å². The standard InChI is InChI=1S/C33H33F/c1-3-4-5-6-7-30-21-22-31-24-29(20-23-32(31)33(30)34)19-18-28-16-14-27(15-17-28)13-12-26-10-8-25(2)9-11-26/h8-11,14-17,20-24H,3-7,12-13H2,1-2H3. The van der Waals surface area contributed by atoms with Gasteiger partial charge in [0.1, 0.15) is 5.82 Å². The first-order chi connectivity index (χ1) is 16.6. The number of halogens is 1. The summed E-state index contributed by atoms with van der Waals surface area (Å²) in [4.78, 5) is 0. The normalized spacial score (nSPS) is 10.8. The van der Waals surface area contributed by atoms with Gasteiger partial charge in [0, 0.05) is 16.5 Å². The smallest absolute Gasteiger partial charge is 0.134 e. The van der Waals surface area contributed by atoms with Gasteiger partial charge >= 0.3 is 0 Å². The van der Waals surface area contributed by atoms with Crippen LogP contribution in [-0.2, 0) is 19.3 Å². The Morgan fingerprint density at radius 2 is 1.29 bits per heavy atom. The van der Waals surface area contributed by atoms with E-state index in [1.807, 2.05) is 30.3 Å². The lowest BCUT2D eigenvalue weighted by Crippen LogP contribution is -1.93. The molecule has 0 aliphatic heterocycles. The van der Waals surface area contributed by atoms with Crippen LogP contribution in [0.15, 0.2) is 78.9 Å². The molecule has 4 aromatic rings. The third kappa shape index (κ3) is 6.36. The van der Waals surface area contributed by atoms with Gasteiger partial charge in [-0.05, 0) is 78.9 Å². The molecule has 0 unspecified atom stereocenters. The van der Waals surface area contributed by atoms with Crippen molar-refractivity contribution < 1.29 is 4.39 Å². The minimum absolute atomic E-state index is 0.0743. The number of unbranched alkanes of at least 4 members (excludes halogenated alkanes) is 3. The highest BCUT2D eigenvalue weighted by molar-refractivity contribution is 5.85. The molecule has 172 valence electrons. The second kappa shape index (κ2) is 11.7. The minimum atomic E-state index is -0.0743. The molecule has 0 radical (unpaired) electrons. The maximum Gasteiger partial charge on any atom is 0.134 e. The first-order valence-corrected chi connectivity index (χ1v) is 12.5. The predicted octanol–water partition coefficient (Wildman–Crippen LogP) is 8.60. The monoisotopic (exact) mass is 448 g/mol. The second-order valence-corrected chi connectivity index (χ2v) is 9.22. The fourth-order valence-electron chi connectivity index (χ4n) is 4.29. The Kier molecular flexibility index (Phi) is 8.16. The quantitative estimate of drug-likeness (QED) is 0.187. The van der Waals surface area contributed by atoms with Gasteiger partial charge in [0.25, 0.3) is 0 Å². The Bertz CT molecular complexity index is 1280. The number of benzene rings is 4. The van der Waals surface area contributed by atoms with Crippen molar-refractivity contribution >= 4 is 10.8 Å². The van der Waals surface area contributed by atoms with Crippen molar-refractivity contribution in [3.05, 3.63) is 118 Å². The molecule has 34 heavy (non-hydrogen) atoms. The molecular weight excluding hydrogens is 415 g/mol. The average Bonchev–Trinajstić information content (AvgIpc) is 2.87. The van der Waals surface area contributed by atoms with E-state index in [9.17, 15) is 4.39 Å². The first-order valence-electron chi connectivity index (χ1n) is 12.5. The Morgan fingerprint density at radius 1 is 0.647 bits per heavy atom. The maximum absolute atomic E-state index is 15.0. The van der Waals surface area contributed by atoms with E-state index < -0.39 is 0 Å². The summed E-state index contributed by atoms with van der Waals surface area (Å²) in [7, 11) is 0. The molecule has 4 rings (SSSR count). The van der Waals surface area contributed by atoms with E-state index in [1.54, 1.807) is 0 Å². The van der Waals surface area contributed by atoms with Crippen molar-refractivity contribution in [2.75, 3.05) is 0 Å². The number of hydrogen-bond donors (Lipinski definition) is 0. The Morgan fingerprint density at radius 3 is 2.00 bits per heavy atom. The number of rotatable bonds is 8. The van der Waals surface area contributed by atoms with Gasteiger partial charge in [-0.15, -0.1) is 0 Å². The largest absolute Gasteiger partial charge is 0.206 e. The van der Waals surface area contributed by atoms with Crippen molar-refractivity contribution in [1.29, 1.82) is 0 Å². The molecule has 0 saturated heterocycles. The lowest BCUT2D eigenvalue weighted by molar-refractivity contribution is 0.603. The lowest BCUT2D eigenvalue weighted by Gasteiger charge is -2.07. The van der Waals surface area contributed by atoms with Crippen LogP contribution in [0.3, 0.4) is 0 Å². The van der Waals surface area contributed by atoms with Gasteiger partial charge in [-0.25, -0.2) is 4.39 Å². The van der Waals surface area contributed by atoms with Crippen LogP contribution in [0, 0.1) is 24.6 Å². The summed E-state index contributed by atoms with van der Waals surface area (Å²) in [6, 6.07) is 27.0. The van der Waals surface area contributed by atoms with Gasteiger partial charge in [-0.1, -0.05) is 98.2 Å². The summed E-state index contributed by atoms with van der Waals surface area (Å²) < 4.78 is 15.0. The van der Waals surface area contributed by atoms with Gasteiger partial charge in [0.2, 0.25) is 0 Å². The molecule has 0 saturated carbocycles.